The van der Waals surface area contributed by atoms with E-state index in [9.17, 15) is 13.9 Å². The van der Waals surface area contributed by atoms with Crippen LogP contribution in [-0.2, 0) is 0 Å². The monoisotopic (exact) mass is 329 g/mol. The zero-order valence-electron chi connectivity index (χ0n) is 11.5. The molecule has 1 heterocycles. The Labute approximate surface area is 131 Å². The van der Waals surface area contributed by atoms with Gasteiger partial charge in [-0.2, -0.15) is 20.1 Å². The molecule has 0 saturated carbocycles. The summed E-state index contributed by atoms with van der Waals surface area (Å²) in [7, 11) is 0. The molecule has 0 bridgehead atoms. The van der Waals surface area contributed by atoms with Gasteiger partial charge < -0.3 is 10.4 Å². The van der Waals surface area contributed by atoms with E-state index in [1.807, 2.05) is 35.9 Å². The summed E-state index contributed by atoms with van der Waals surface area (Å²) in [5.74, 6) is -2.40. The Morgan fingerprint density at radius 3 is 2.48 bits per heavy atom. The van der Waals surface area contributed by atoms with E-state index in [1.54, 1.807) is 23.5 Å². The zero-order chi connectivity index (χ0) is 15.2. The number of nitrogens with one attached hydrogen (secondary N) is 1. The van der Waals surface area contributed by atoms with E-state index < -0.39 is 11.9 Å². The Morgan fingerprint density at radius 1 is 1.19 bits per heavy atom. The topological polar surface area (TPSA) is 32.3 Å². The lowest BCUT2D eigenvalue weighted by molar-refractivity contribution is 0.171. The summed E-state index contributed by atoms with van der Waals surface area (Å²) in [6.07, 6.45) is -0.535. The molecule has 0 radical (unpaired) electrons. The van der Waals surface area contributed by atoms with Crippen LogP contribution in [-0.4, -0.2) is 17.4 Å². The summed E-state index contributed by atoms with van der Waals surface area (Å²) in [5, 5.41) is 17.1. The number of aliphatic hydroxyl groups excluding tert-OH is 1. The lowest BCUT2D eigenvalue weighted by atomic mass is 10.1. The van der Waals surface area contributed by atoms with Crippen LogP contribution in [0.1, 0.15) is 30.2 Å². The normalized spacial score (nSPS) is 14.3. The Kier molecular flexibility index (Phi) is 6.17. The van der Waals surface area contributed by atoms with Gasteiger partial charge in [-0.25, -0.2) is 0 Å². The molecular formula is C15H17F2NOS2. The Hall–Kier alpha value is -0.950. The van der Waals surface area contributed by atoms with Crippen LogP contribution in [0.2, 0.25) is 0 Å². The van der Waals surface area contributed by atoms with Crippen LogP contribution in [0.25, 0.3) is 0 Å². The van der Waals surface area contributed by atoms with E-state index in [0.29, 0.717) is 23.2 Å². The summed E-state index contributed by atoms with van der Waals surface area (Å²) in [4.78, 5) is 0.555. The molecule has 21 heavy (non-hydrogen) atoms. The highest BCUT2D eigenvalue weighted by Gasteiger charge is 2.11. The lowest BCUT2D eigenvalue weighted by Crippen LogP contribution is -2.24. The fourth-order valence-electron chi connectivity index (χ4n) is 1.93. The van der Waals surface area contributed by atoms with E-state index in [-0.39, 0.29) is 6.04 Å². The molecule has 2 atom stereocenters. The predicted octanol–water partition coefficient (Wildman–Crippen LogP) is 4.45. The minimum Gasteiger partial charge on any atom is -0.387 e. The maximum atomic E-state index is 12.2. The fourth-order valence-corrected chi connectivity index (χ4v) is 3.13. The molecule has 2 rings (SSSR count). The average Bonchev–Trinajstić information content (AvgIpc) is 2.99. The van der Waals surface area contributed by atoms with Gasteiger partial charge in [-0.1, -0.05) is 23.9 Å². The van der Waals surface area contributed by atoms with Crippen molar-refractivity contribution in [1.29, 1.82) is 0 Å². The van der Waals surface area contributed by atoms with E-state index >= 15 is 0 Å². The van der Waals surface area contributed by atoms with E-state index in [2.05, 4.69) is 5.32 Å². The molecule has 114 valence electrons. The minimum absolute atomic E-state index is 0.0453. The second-order valence-corrected chi connectivity index (χ2v) is 6.49. The average molecular weight is 329 g/mol. The van der Waals surface area contributed by atoms with Crippen LogP contribution in [0.5, 0.6) is 0 Å². The van der Waals surface area contributed by atoms with Gasteiger partial charge in [0.25, 0.3) is 5.76 Å². The van der Waals surface area contributed by atoms with Gasteiger partial charge in [0.1, 0.15) is 0 Å². The second-order valence-electron chi connectivity index (χ2n) is 4.65. The van der Waals surface area contributed by atoms with Crippen molar-refractivity contribution in [2.45, 2.75) is 29.7 Å². The summed E-state index contributed by atoms with van der Waals surface area (Å²) >= 11 is 2.10. The van der Waals surface area contributed by atoms with Crippen molar-refractivity contribution >= 4 is 23.1 Å². The van der Waals surface area contributed by atoms with Gasteiger partial charge in [-0.05, 0) is 47.0 Å². The third-order valence-electron chi connectivity index (χ3n) is 3.15. The van der Waals surface area contributed by atoms with E-state index in [1.165, 1.54) is 0 Å². The fraction of sp³-hybridized carbons (Fsp3) is 0.333. The second kappa shape index (κ2) is 7.89. The number of hydrogen-bond acceptors (Lipinski definition) is 4. The molecule has 2 nitrogen and oxygen atoms in total. The van der Waals surface area contributed by atoms with Gasteiger partial charge in [-0.15, -0.1) is 0 Å². The van der Waals surface area contributed by atoms with Crippen LogP contribution in [0, 0.1) is 0 Å². The Balaban J connectivity index is 1.86. The SMILES string of the molecule is CC(NCC(O)c1ccsc1)c1ccc(SC(F)F)cc1. The maximum Gasteiger partial charge on any atom is 0.288 e. The third-order valence-corrected chi connectivity index (χ3v) is 4.57. The Morgan fingerprint density at radius 2 is 1.90 bits per heavy atom. The van der Waals surface area contributed by atoms with Gasteiger partial charge >= 0.3 is 0 Å². The molecule has 6 heteroatoms. The zero-order valence-corrected chi connectivity index (χ0v) is 13.1. The number of alkyl halides is 2. The van der Waals surface area contributed by atoms with Crippen molar-refractivity contribution in [2.75, 3.05) is 6.54 Å². The van der Waals surface area contributed by atoms with Crippen LogP contribution in [0.15, 0.2) is 46.0 Å². The van der Waals surface area contributed by atoms with Gasteiger partial charge in [0.2, 0.25) is 0 Å². The van der Waals surface area contributed by atoms with Crippen molar-refractivity contribution < 1.29 is 13.9 Å². The number of hydrogen-bond donors (Lipinski definition) is 2. The first-order valence-corrected chi connectivity index (χ1v) is 8.37. The van der Waals surface area contributed by atoms with Crippen molar-refractivity contribution in [3.8, 4) is 0 Å². The van der Waals surface area contributed by atoms with Crippen LogP contribution in [0.4, 0.5) is 8.78 Å². The number of thiophene rings is 1. The van der Waals surface area contributed by atoms with E-state index in [0.717, 1.165) is 11.1 Å². The Bertz CT molecular complexity index is 531. The maximum absolute atomic E-state index is 12.2. The van der Waals surface area contributed by atoms with Crippen molar-refractivity contribution in [2.24, 2.45) is 0 Å². The van der Waals surface area contributed by atoms with Gasteiger partial charge in [-0.3, -0.25) is 0 Å². The predicted molar refractivity (Wildman–Crippen MR) is 84.0 cm³/mol. The van der Waals surface area contributed by atoms with Crippen molar-refractivity contribution in [3.05, 3.63) is 52.2 Å². The third kappa shape index (κ3) is 5.07. The quantitative estimate of drug-likeness (QED) is 0.736. The van der Waals surface area contributed by atoms with Crippen molar-refractivity contribution in [1.82, 2.24) is 5.32 Å². The van der Waals surface area contributed by atoms with Crippen LogP contribution in [0.3, 0.4) is 0 Å². The number of aliphatic hydroxyl groups is 1. The molecule has 0 saturated heterocycles. The van der Waals surface area contributed by atoms with Crippen LogP contribution >= 0.6 is 23.1 Å². The molecule has 0 aliphatic rings. The first-order valence-electron chi connectivity index (χ1n) is 6.54. The van der Waals surface area contributed by atoms with Crippen molar-refractivity contribution in [3.63, 3.8) is 0 Å². The molecule has 1 aromatic carbocycles. The smallest absolute Gasteiger partial charge is 0.288 e. The van der Waals surface area contributed by atoms with Crippen LogP contribution < -0.4 is 5.32 Å². The molecule has 2 unspecified atom stereocenters. The molecular weight excluding hydrogens is 312 g/mol. The molecule has 2 N–H and O–H groups in total. The summed E-state index contributed by atoms with van der Waals surface area (Å²) in [5.41, 5.74) is 1.91. The van der Waals surface area contributed by atoms with Gasteiger partial charge in [0, 0.05) is 17.5 Å². The molecule has 1 aromatic heterocycles. The number of benzene rings is 1. The molecule has 0 aliphatic heterocycles. The number of thioether (sulfide) groups is 1. The lowest BCUT2D eigenvalue weighted by Gasteiger charge is -2.17. The summed E-state index contributed by atoms with van der Waals surface area (Å²) in [6, 6.07) is 9.00. The highest BCUT2D eigenvalue weighted by molar-refractivity contribution is 7.99. The summed E-state index contributed by atoms with van der Waals surface area (Å²) < 4.78 is 24.5. The van der Waals surface area contributed by atoms with Gasteiger partial charge in [0.15, 0.2) is 0 Å². The molecule has 0 spiro atoms. The molecule has 0 fully saturated rings. The molecule has 0 amide bonds. The highest BCUT2D eigenvalue weighted by atomic mass is 32.2. The largest absolute Gasteiger partial charge is 0.387 e. The van der Waals surface area contributed by atoms with E-state index in [4.69, 9.17) is 0 Å². The highest BCUT2D eigenvalue weighted by Crippen LogP contribution is 2.26. The van der Waals surface area contributed by atoms with Gasteiger partial charge in [0.05, 0.1) is 6.10 Å². The molecule has 2 aromatic rings. The standard InChI is InChI=1S/C15H17F2NOS2/c1-10(18-8-14(19)12-6-7-20-9-12)11-2-4-13(5-3-11)21-15(16)17/h2-7,9-10,14-15,18-19H,8H2,1H3. The minimum atomic E-state index is -2.40. The summed E-state index contributed by atoms with van der Waals surface area (Å²) in [6.45, 7) is 2.43. The first-order chi connectivity index (χ1) is 10.1. The first kappa shape index (κ1) is 16.4. The number of rotatable bonds is 7. The number of halogens is 2. The molecule has 0 aliphatic carbocycles.